The predicted octanol–water partition coefficient (Wildman–Crippen LogP) is 4.37. The summed E-state index contributed by atoms with van der Waals surface area (Å²) >= 11 is 0. The van der Waals surface area contributed by atoms with Crippen LogP contribution in [0.5, 0.6) is 0 Å². The lowest BCUT2D eigenvalue weighted by Crippen LogP contribution is -2.39. The van der Waals surface area contributed by atoms with Gasteiger partial charge in [-0.3, -0.25) is 4.79 Å². The number of carbonyl (C=O) groups is 1. The first-order chi connectivity index (χ1) is 14.4. The van der Waals surface area contributed by atoms with E-state index >= 15 is 0 Å². The lowest BCUT2D eigenvalue weighted by molar-refractivity contribution is 0.112. The van der Waals surface area contributed by atoms with Crippen LogP contribution in [0.4, 0.5) is 0 Å². The van der Waals surface area contributed by atoms with E-state index in [1.165, 1.54) is 10.2 Å². The fourth-order valence-electron chi connectivity index (χ4n) is 3.89. The Morgan fingerprint density at radius 1 is 1.10 bits per heavy atom. The number of carbonyl (C=O) groups excluding carboxylic acids is 1. The highest BCUT2D eigenvalue weighted by atomic mass is 32.2. The Labute approximate surface area is 177 Å². The molecule has 154 valence electrons. The van der Waals surface area contributed by atoms with E-state index in [2.05, 4.69) is 0 Å². The summed E-state index contributed by atoms with van der Waals surface area (Å²) in [5, 5.41) is 0.636. The lowest BCUT2D eigenvalue weighted by atomic mass is 9.99. The minimum absolute atomic E-state index is 0.362. The Hall–Kier alpha value is -3.12. The maximum absolute atomic E-state index is 13.7. The van der Waals surface area contributed by atoms with E-state index in [9.17, 15) is 13.2 Å². The van der Waals surface area contributed by atoms with Gasteiger partial charge in [0.25, 0.3) is 0 Å². The molecular weight excluding hydrogens is 396 g/mol. The molecule has 6 heteroatoms. The third-order valence-corrected chi connectivity index (χ3v) is 7.94. The average Bonchev–Trinajstić information content (AvgIpc) is 3.14. The number of allylic oxidation sites excluding steroid dienone is 2. The first-order valence-electron chi connectivity index (χ1n) is 9.80. The molecule has 0 fully saturated rings. The molecule has 0 spiro atoms. The Bertz CT molecular complexity index is 1260. The van der Waals surface area contributed by atoms with Crippen LogP contribution >= 0.6 is 0 Å². The van der Waals surface area contributed by atoms with E-state index in [0.29, 0.717) is 35.7 Å². The van der Waals surface area contributed by atoms with Crippen molar-refractivity contribution in [2.24, 2.45) is 0 Å². The Kier molecular flexibility index (Phi) is 5.12. The highest BCUT2D eigenvalue weighted by Crippen LogP contribution is 2.34. The molecule has 1 heterocycles. The van der Waals surface area contributed by atoms with E-state index in [1.807, 2.05) is 60.5 Å². The van der Waals surface area contributed by atoms with Crippen LogP contribution in [-0.2, 0) is 16.6 Å². The summed E-state index contributed by atoms with van der Waals surface area (Å²) in [6.07, 6.45) is 8.18. The number of aromatic nitrogens is 1. The quantitative estimate of drug-likeness (QED) is 0.556. The summed E-state index contributed by atoms with van der Waals surface area (Å²) in [4.78, 5) is 13.5. The van der Waals surface area contributed by atoms with Crippen molar-refractivity contribution in [3.63, 3.8) is 0 Å². The van der Waals surface area contributed by atoms with Crippen LogP contribution in [0.2, 0.25) is 0 Å². The molecule has 3 aromatic rings. The highest BCUT2D eigenvalue weighted by Gasteiger charge is 2.40. The number of hydrogen-bond acceptors (Lipinski definition) is 4. The second kappa shape index (κ2) is 7.61. The zero-order valence-electron chi connectivity index (χ0n) is 17.0. The Morgan fingerprint density at radius 3 is 2.53 bits per heavy atom. The normalized spacial score (nSPS) is 18.9. The monoisotopic (exact) mass is 420 g/mol. The molecule has 2 aromatic carbocycles. The molecule has 0 saturated carbocycles. The van der Waals surface area contributed by atoms with Gasteiger partial charge >= 0.3 is 0 Å². The van der Waals surface area contributed by atoms with Crippen molar-refractivity contribution < 1.29 is 13.2 Å². The largest absolute Gasteiger partial charge is 0.370 e. The number of para-hydroxylation sites is 1. The first kappa shape index (κ1) is 20.2. The standard InChI is InChI=1S/C24H24N2O3S/c1-24(14-8-11-21(15-24)25(2)16-19-9-4-3-5-10-19)30(28,29)26-17-20(18-27)22-12-6-7-13-23(22)26/h3-13,15,17-18H,14,16H2,1-2H3. The van der Waals surface area contributed by atoms with Gasteiger partial charge < -0.3 is 4.90 Å². The maximum Gasteiger partial charge on any atom is 0.248 e. The van der Waals surface area contributed by atoms with Crippen LogP contribution in [0.15, 0.2) is 84.7 Å². The van der Waals surface area contributed by atoms with Crippen LogP contribution in [0.3, 0.4) is 0 Å². The number of benzene rings is 2. The molecule has 30 heavy (non-hydrogen) atoms. The molecule has 1 aliphatic rings. The zero-order chi connectivity index (χ0) is 21.4. The predicted molar refractivity (Wildman–Crippen MR) is 120 cm³/mol. The Balaban J connectivity index is 1.74. The van der Waals surface area contributed by atoms with Crippen LogP contribution in [-0.4, -0.2) is 35.4 Å². The summed E-state index contributed by atoms with van der Waals surface area (Å²) in [5.74, 6) is 0. The van der Waals surface area contributed by atoms with Crippen molar-refractivity contribution in [1.82, 2.24) is 8.87 Å². The number of hydrogen-bond donors (Lipinski definition) is 0. The number of likely N-dealkylation sites (N-methyl/N-ethyl adjacent to an activating group) is 1. The SMILES string of the molecule is CN(Cc1ccccc1)C1=CC(C)(S(=O)(=O)n2cc(C=O)c3ccccc32)CC=C1. The minimum atomic E-state index is -3.81. The molecule has 5 nitrogen and oxygen atoms in total. The summed E-state index contributed by atoms with van der Waals surface area (Å²) in [6.45, 7) is 2.41. The van der Waals surface area contributed by atoms with Gasteiger partial charge in [-0.15, -0.1) is 0 Å². The topological polar surface area (TPSA) is 59.4 Å². The fraction of sp³-hybridized carbons (Fsp3) is 0.208. The fourth-order valence-corrected chi connectivity index (χ4v) is 5.59. The third-order valence-electron chi connectivity index (χ3n) is 5.65. The van der Waals surface area contributed by atoms with Crippen LogP contribution in [0.25, 0.3) is 10.9 Å². The van der Waals surface area contributed by atoms with E-state index in [-0.39, 0.29) is 0 Å². The number of fused-ring (bicyclic) bond motifs is 1. The van der Waals surface area contributed by atoms with E-state index in [4.69, 9.17) is 0 Å². The van der Waals surface area contributed by atoms with Crippen LogP contribution in [0.1, 0.15) is 29.3 Å². The summed E-state index contributed by atoms with van der Waals surface area (Å²) in [5.41, 5.74) is 2.89. The molecule has 1 unspecified atom stereocenters. The van der Waals surface area contributed by atoms with E-state index < -0.39 is 14.8 Å². The molecular formula is C24H24N2O3S. The summed E-state index contributed by atoms with van der Waals surface area (Å²) in [7, 11) is -1.86. The Morgan fingerprint density at radius 2 is 1.80 bits per heavy atom. The minimum Gasteiger partial charge on any atom is -0.370 e. The van der Waals surface area contributed by atoms with Crippen molar-refractivity contribution in [3.8, 4) is 0 Å². The molecule has 0 bridgehead atoms. The van der Waals surface area contributed by atoms with Gasteiger partial charge in [-0.05, 0) is 37.1 Å². The molecule has 0 aliphatic heterocycles. The van der Waals surface area contributed by atoms with Crippen molar-refractivity contribution in [2.75, 3.05) is 7.05 Å². The molecule has 4 rings (SSSR count). The molecule has 1 aromatic heterocycles. The van der Waals surface area contributed by atoms with Gasteiger partial charge in [-0.1, -0.05) is 54.6 Å². The summed E-state index contributed by atoms with van der Waals surface area (Å²) in [6, 6.07) is 17.1. The van der Waals surface area contributed by atoms with Gasteiger partial charge in [0, 0.05) is 36.4 Å². The van der Waals surface area contributed by atoms with Crippen molar-refractivity contribution >= 4 is 27.2 Å². The number of aldehydes is 1. The molecule has 1 aliphatic carbocycles. The first-order valence-corrected chi connectivity index (χ1v) is 11.2. The third kappa shape index (κ3) is 3.37. The van der Waals surface area contributed by atoms with Crippen molar-refractivity contribution in [3.05, 3.63) is 95.8 Å². The van der Waals surface area contributed by atoms with Gasteiger partial charge in [0.2, 0.25) is 10.0 Å². The van der Waals surface area contributed by atoms with Gasteiger partial charge in [0.1, 0.15) is 4.75 Å². The second-order valence-electron chi connectivity index (χ2n) is 7.85. The van der Waals surface area contributed by atoms with Gasteiger partial charge in [0.15, 0.2) is 6.29 Å². The smallest absolute Gasteiger partial charge is 0.248 e. The van der Waals surface area contributed by atoms with Gasteiger partial charge in [0.05, 0.1) is 5.52 Å². The highest BCUT2D eigenvalue weighted by molar-refractivity contribution is 7.91. The zero-order valence-corrected chi connectivity index (χ0v) is 17.8. The molecule has 0 saturated heterocycles. The van der Waals surface area contributed by atoms with E-state index in [1.54, 1.807) is 31.2 Å². The molecule has 0 amide bonds. The molecule has 0 N–H and O–H groups in total. The van der Waals surface area contributed by atoms with Gasteiger partial charge in [-0.2, -0.15) is 0 Å². The summed E-state index contributed by atoms with van der Waals surface area (Å²) < 4.78 is 27.6. The second-order valence-corrected chi connectivity index (χ2v) is 10.1. The van der Waals surface area contributed by atoms with Gasteiger partial charge in [-0.25, -0.2) is 12.4 Å². The van der Waals surface area contributed by atoms with Crippen LogP contribution < -0.4 is 0 Å². The maximum atomic E-state index is 13.7. The number of nitrogens with zero attached hydrogens (tertiary/aromatic N) is 2. The number of rotatable bonds is 6. The molecule has 0 radical (unpaired) electrons. The van der Waals surface area contributed by atoms with Crippen molar-refractivity contribution in [2.45, 2.75) is 24.6 Å². The van der Waals surface area contributed by atoms with E-state index in [0.717, 1.165) is 11.3 Å². The molecule has 1 atom stereocenters. The van der Waals surface area contributed by atoms with Crippen LogP contribution in [0, 0.1) is 0 Å². The average molecular weight is 421 g/mol. The van der Waals surface area contributed by atoms with Crippen molar-refractivity contribution in [1.29, 1.82) is 0 Å². The lowest BCUT2D eigenvalue weighted by Gasteiger charge is -2.32.